The molecule has 0 atom stereocenters. The Morgan fingerprint density at radius 1 is 1.33 bits per heavy atom. The minimum atomic E-state index is 0. The first kappa shape index (κ1) is 10.5. The van der Waals surface area contributed by atoms with Gasteiger partial charge in [0.05, 0.1) is 0 Å². The number of hydrogen-bond donors (Lipinski definition) is 1. The van der Waals surface area contributed by atoms with Crippen molar-refractivity contribution in [2.75, 3.05) is 13.1 Å². The summed E-state index contributed by atoms with van der Waals surface area (Å²) >= 11 is 8.90. The Morgan fingerprint density at radius 2 is 1.78 bits per heavy atom. The fourth-order valence-electron chi connectivity index (χ4n) is 0.908. The van der Waals surface area contributed by atoms with Crippen molar-refractivity contribution in [3.8, 4) is 0 Å². The van der Waals surface area contributed by atoms with E-state index in [9.17, 15) is 0 Å². The maximum absolute atomic E-state index is 4.85. The maximum atomic E-state index is 4.85. The predicted molar refractivity (Wildman–Crippen MR) is 50.9 cm³/mol. The predicted octanol–water partition coefficient (Wildman–Crippen LogP) is 0.381. The zero-order chi connectivity index (χ0) is 5.98. The molecule has 0 N–H and O–H groups in total. The molecule has 0 unspecified atom stereocenters. The third-order valence-corrected chi connectivity index (χ3v) is 1.92. The molecule has 1 rings (SSSR count). The van der Waals surface area contributed by atoms with E-state index in [0.717, 1.165) is 17.4 Å². The third-order valence-electron chi connectivity index (χ3n) is 1.38. The molecule has 4 heteroatoms. The van der Waals surface area contributed by atoms with E-state index >= 15 is 0 Å². The van der Waals surface area contributed by atoms with Crippen molar-refractivity contribution in [2.24, 2.45) is 0 Å². The summed E-state index contributed by atoms with van der Waals surface area (Å²) < 4.78 is 0.752. The second-order valence-electron chi connectivity index (χ2n) is 1.98. The summed E-state index contributed by atoms with van der Waals surface area (Å²) in [5, 5.41) is 0. The first-order valence-electron chi connectivity index (χ1n) is 2.78. The molecule has 0 aliphatic carbocycles. The number of thiocarbonyl (C=S) groups is 1. The van der Waals surface area contributed by atoms with Crippen LogP contribution in [0.2, 0.25) is 0 Å². The molecular formula is C5H11CaNS2. The van der Waals surface area contributed by atoms with Gasteiger partial charge < -0.3 is 4.90 Å². The minimum absolute atomic E-state index is 0. The van der Waals surface area contributed by atoms with E-state index < -0.39 is 0 Å². The SMILES string of the molecule is S=C(S)N1CCCC1.[CaH2]. The van der Waals surface area contributed by atoms with E-state index in [2.05, 4.69) is 17.5 Å². The van der Waals surface area contributed by atoms with Gasteiger partial charge in [0.2, 0.25) is 0 Å². The molecule has 1 fully saturated rings. The third kappa shape index (κ3) is 3.42. The molecule has 0 radical (unpaired) electrons. The second kappa shape index (κ2) is 5.19. The van der Waals surface area contributed by atoms with Crippen LogP contribution in [0.25, 0.3) is 0 Å². The molecule has 1 heterocycles. The Bertz CT molecular complexity index is 101. The van der Waals surface area contributed by atoms with Crippen LogP contribution in [0.15, 0.2) is 0 Å². The molecule has 1 aliphatic rings. The van der Waals surface area contributed by atoms with Gasteiger partial charge in [0.25, 0.3) is 0 Å². The topological polar surface area (TPSA) is 3.24 Å². The molecular weight excluding hydrogens is 178 g/mol. The normalized spacial score (nSPS) is 17.2. The summed E-state index contributed by atoms with van der Waals surface area (Å²) in [5.41, 5.74) is 0. The summed E-state index contributed by atoms with van der Waals surface area (Å²) in [5.74, 6) is 0. The second-order valence-corrected chi connectivity index (χ2v) is 3.09. The summed E-state index contributed by atoms with van der Waals surface area (Å²) in [6, 6.07) is 0. The Hall–Kier alpha value is 1.50. The van der Waals surface area contributed by atoms with E-state index in [1.165, 1.54) is 12.8 Å². The van der Waals surface area contributed by atoms with E-state index in [-0.39, 0.29) is 37.7 Å². The van der Waals surface area contributed by atoms with Gasteiger partial charge in [-0.2, -0.15) is 0 Å². The van der Waals surface area contributed by atoms with Gasteiger partial charge >= 0.3 is 37.7 Å². The number of hydrogen-bond acceptors (Lipinski definition) is 1. The van der Waals surface area contributed by atoms with Gasteiger partial charge in [-0.1, -0.05) is 12.2 Å². The molecule has 1 nitrogen and oxygen atoms in total. The fourth-order valence-corrected chi connectivity index (χ4v) is 1.29. The standard InChI is InChI=1S/C5H9NS2.Ca.2H/c7-5(8)6-3-1-2-4-6;;;/h1-4H2,(H,7,8);;;. The molecule has 0 spiro atoms. The van der Waals surface area contributed by atoms with Crippen molar-refractivity contribution in [3.63, 3.8) is 0 Å². The summed E-state index contributed by atoms with van der Waals surface area (Å²) in [6.07, 6.45) is 2.56. The molecule has 0 saturated carbocycles. The van der Waals surface area contributed by atoms with Crippen LogP contribution in [0.5, 0.6) is 0 Å². The van der Waals surface area contributed by atoms with Gasteiger partial charge in [0, 0.05) is 13.1 Å². The van der Waals surface area contributed by atoms with Crippen LogP contribution in [0.3, 0.4) is 0 Å². The fraction of sp³-hybridized carbons (Fsp3) is 0.800. The Labute approximate surface area is 96.6 Å². The molecule has 0 aromatic rings. The van der Waals surface area contributed by atoms with Gasteiger partial charge in [-0.15, -0.1) is 12.6 Å². The van der Waals surface area contributed by atoms with E-state index in [0.29, 0.717) is 0 Å². The number of nitrogens with zero attached hydrogens (tertiary/aromatic N) is 1. The number of rotatable bonds is 0. The van der Waals surface area contributed by atoms with Crippen LogP contribution in [0, 0.1) is 0 Å². The van der Waals surface area contributed by atoms with Crippen LogP contribution in [0.4, 0.5) is 0 Å². The molecule has 0 aromatic carbocycles. The first-order chi connectivity index (χ1) is 3.80. The van der Waals surface area contributed by atoms with Gasteiger partial charge in [-0.25, -0.2) is 0 Å². The average Bonchev–Trinajstić information content (AvgIpc) is 2.12. The summed E-state index contributed by atoms with van der Waals surface area (Å²) in [7, 11) is 0. The van der Waals surface area contributed by atoms with Gasteiger partial charge in [-0.05, 0) is 12.8 Å². The van der Waals surface area contributed by atoms with E-state index in [1.807, 2.05) is 0 Å². The van der Waals surface area contributed by atoms with Crippen LogP contribution in [0.1, 0.15) is 12.8 Å². The molecule has 0 bridgehead atoms. The summed E-state index contributed by atoms with van der Waals surface area (Å²) in [6.45, 7) is 2.23. The molecule has 1 saturated heterocycles. The van der Waals surface area contributed by atoms with Gasteiger partial charge in [-0.3, -0.25) is 0 Å². The molecule has 0 amide bonds. The Kier molecular flexibility index (Phi) is 6.05. The number of thiol groups is 1. The van der Waals surface area contributed by atoms with E-state index in [1.54, 1.807) is 0 Å². The van der Waals surface area contributed by atoms with Crippen LogP contribution in [-0.2, 0) is 0 Å². The quantitative estimate of drug-likeness (QED) is 0.333. The van der Waals surface area contributed by atoms with Crippen LogP contribution < -0.4 is 0 Å². The average molecular weight is 189 g/mol. The van der Waals surface area contributed by atoms with Crippen molar-refractivity contribution in [3.05, 3.63) is 0 Å². The van der Waals surface area contributed by atoms with Crippen molar-refractivity contribution in [1.82, 2.24) is 4.90 Å². The van der Waals surface area contributed by atoms with Gasteiger partial charge in [0.15, 0.2) is 0 Å². The van der Waals surface area contributed by atoms with Crippen LogP contribution in [-0.4, -0.2) is 60.0 Å². The van der Waals surface area contributed by atoms with Crippen molar-refractivity contribution in [2.45, 2.75) is 12.8 Å². The summed E-state index contributed by atoms with van der Waals surface area (Å²) in [4.78, 5) is 2.12. The molecule has 0 aromatic heterocycles. The van der Waals surface area contributed by atoms with Gasteiger partial charge in [0.1, 0.15) is 4.32 Å². The Balaban J connectivity index is 0.000000640. The van der Waals surface area contributed by atoms with Crippen LogP contribution >= 0.6 is 24.8 Å². The van der Waals surface area contributed by atoms with Crippen molar-refractivity contribution in [1.29, 1.82) is 0 Å². The monoisotopic (exact) mass is 189 g/mol. The zero-order valence-electron chi connectivity index (χ0n) is 4.63. The van der Waals surface area contributed by atoms with Crippen molar-refractivity contribution < 1.29 is 0 Å². The zero-order valence-corrected chi connectivity index (χ0v) is 6.34. The molecule has 1 aliphatic heterocycles. The number of likely N-dealkylation sites (tertiary alicyclic amines) is 1. The van der Waals surface area contributed by atoms with Crippen molar-refractivity contribution >= 4 is 66.9 Å². The van der Waals surface area contributed by atoms with E-state index in [4.69, 9.17) is 12.2 Å². The Morgan fingerprint density at radius 3 is 2.00 bits per heavy atom. The molecule has 50 valence electrons. The first-order valence-corrected chi connectivity index (χ1v) is 3.64. The molecule has 9 heavy (non-hydrogen) atoms.